The fourth-order valence-electron chi connectivity index (χ4n) is 1.72. The molecule has 0 saturated carbocycles. The zero-order chi connectivity index (χ0) is 18.5. The first kappa shape index (κ1) is 21.4. The normalized spacial score (nSPS) is 17.2. The largest absolute Gasteiger partial charge is 0.469 e. The van der Waals surface area contributed by atoms with Crippen LogP contribution in [-0.2, 0) is 30.2 Å². The monoisotopic (exact) mass is 404 g/mol. The highest BCUT2D eigenvalue weighted by molar-refractivity contribution is 8.09. The molecule has 1 rings (SSSR count). The summed E-state index contributed by atoms with van der Waals surface area (Å²) in [6.45, 7) is -2.43. The third-order valence-corrected chi connectivity index (χ3v) is 4.08. The van der Waals surface area contributed by atoms with Crippen molar-refractivity contribution < 1.29 is 33.0 Å². The summed E-state index contributed by atoms with van der Waals surface area (Å²) in [4.78, 5) is 52.3. The van der Waals surface area contributed by atoms with Crippen molar-refractivity contribution in [1.29, 1.82) is 0 Å². The minimum absolute atomic E-state index is 0.130. The molecule has 0 spiro atoms. The molecule has 11 nitrogen and oxygen atoms in total. The number of rotatable bonds is 9. The molecule has 138 valence electrons. The Morgan fingerprint density at radius 2 is 2.00 bits per heavy atom. The Morgan fingerprint density at radius 1 is 1.38 bits per heavy atom. The highest BCUT2D eigenvalue weighted by Crippen LogP contribution is 2.43. The number of nitrogens with one attached hydrogen (secondary N) is 1. The van der Waals surface area contributed by atoms with E-state index in [0.29, 0.717) is 0 Å². The zero-order valence-corrected chi connectivity index (χ0v) is 15.4. The summed E-state index contributed by atoms with van der Waals surface area (Å²) >= 11 is 4.80. The third kappa shape index (κ3) is 7.93. The molecule has 24 heavy (non-hydrogen) atoms. The van der Waals surface area contributed by atoms with Crippen LogP contribution in [0.15, 0.2) is 21.9 Å². The molecule has 0 radical (unpaired) electrons. The number of phosphoric ester groups is 1. The maximum Gasteiger partial charge on any atom is 0.469 e. The number of aromatic amines is 1. The smallest absolute Gasteiger partial charge is 0.379 e. The van der Waals surface area contributed by atoms with Crippen molar-refractivity contribution in [2.24, 2.45) is 0 Å². The molecule has 0 fully saturated rings. The number of H-pyrrole nitrogens is 1. The Bertz CT molecular complexity index is 751. The second kappa shape index (κ2) is 8.61. The van der Waals surface area contributed by atoms with Crippen LogP contribution in [0.5, 0.6) is 0 Å². The Morgan fingerprint density at radius 3 is 2.46 bits per heavy atom. The molecule has 0 aliphatic carbocycles. The average Bonchev–Trinajstić information content (AvgIpc) is 2.40. The second-order valence-corrected chi connectivity index (χ2v) is 9.85. The maximum atomic E-state index is 11.9. The van der Waals surface area contributed by atoms with Crippen LogP contribution < -0.4 is 11.2 Å². The number of ether oxygens (including phenoxy) is 1. The van der Waals surface area contributed by atoms with E-state index in [2.05, 4.69) is 4.52 Å². The molecule has 0 aliphatic rings. The number of phosphoric acid groups is 1. The maximum absolute atomic E-state index is 11.9. The molecule has 0 bridgehead atoms. The van der Waals surface area contributed by atoms with Gasteiger partial charge in [0.2, 0.25) is 0 Å². The minimum Gasteiger partial charge on any atom is -0.379 e. The molecule has 0 amide bonds. The zero-order valence-electron chi connectivity index (χ0n) is 12.8. The van der Waals surface area contributed by atoms with E-state index in [1.54, 1.807) is 0 Å². The van der Waals surface area contributed by atoms with Gasteiger partial charge in [-0.25, -0.2) is 9.36 Å². The van der Waals surface area contributed by atoms with E-state index in [1.807, 2.05) is 4.98 Å². The molecule has 1 aromatic rings. The van der Waals surface area contributed by atoms with Crippen molar-refractivity contribution >= 4 is 26.1 Å². The lowest BCUT2D eigenvalue weighted by atomic mass is 10.2. The fourth-order valence-corrected chi connectivity index (χ4v) is 3.02. The van der Waals surface area contributed by atoms with Gasteiger partial charge >= 0.3 is 13.5 Å². The molecule has 3 atom stereocenters. The van der Waals surface area contributed by atoms with E-state index in [-0.39, 0.29) is 6.42 Å². The summed E-state index contributed by atoms with van der Waals surface area (Å²) in [5, 5.41) is 0. The van der Waals surface area contributed by atoms with Gasteiger partial charge in [0.25, 0.3) is 5.56 Å². The van der Waals surface area contributed by atoms with Crippen LogP contribution in [0, 0.1) is 0 Å². The van der Waals surface area contributed by atoms with E-state index in [1.165, 1.54) is 13.8 Å². The summed E-state index contributed by atoms with van der Waals surface area (Å²) in [6, 6.07) is 1.07. The summed E-state index contributed by atoms with van der Waals surface area (Å²) < 4.78 is 26.4. The number of methoxy groups -OCH3 is 1. The van der Waals surface area contributed by atoms with Gasteiger partial charge in [0.05, 0.1) is 12.7 Å². The lowest BCUT2D eigenvalue weighted by Gasteiger charge is -2.26. The second-order valence-electron chi connectivity index (χ2n) is 4.76. The SMILES string of the molecule is COC(COP(=O)(O)O)C[C@@H](OP(C)(O)=S)n1ccc(=O)[nH]c1=O. The first-order valence-electron chi connectivity index (χ1n) is 6.44. The van der Waals surface area contributed by atoms with Crippen LogP contribution in [-0.4, -0.2) is 50.7 Å². The quantitative estimate of drug-likeness (QED) is 0.395. The van der Waals surface area contributed by atoms with Gasteiger partial charge in [-0.2, -0.15) is 0 Å². The van der Waals surface area contributed by atoms with Crippen LogP contribution in [0.2, 0.25) is 0 Å². The van der Waals surface area contributed by atoms with Gasteiger partial charge in [-0.15, -0.1) is 0 Å². The van der Waals surface area contributed by atoms with Crippen LogP contribution >= 0.6 is 14.3 Å². The molecule has 2 unspecified atom stereocenters. The molecule has 1 heterocycles. The molecule has 14 heteroatoms. The average molecular weight is 404 g/mol. The van der Waals surface area contributed by atoms with Gasteiger partial charge in [0.15, 0.2) is 6.49 Å². The van der Waals surface area contributed by atoms with Crippen LogP contribution in [0.25, 0.3) is 0 Å². The van der Waals surface area contributed by atoms with E-state index >= 15 is 0 Å². The van der Waals surface area contributed by atoms with Crippen LogP contribution in [0.1, 0.15) is 12.6 Å². The number of nitrogens with zero attached hydrogens (tertiary/aromatic N) is 1. The van der Waals surface area contributed by atoms with Crippen molar-refractivity contribution in [3.05, 3.63) is 33.1 Å². The lowest BCUT2D eigenvalue weighted by Crippen LogP contribution is -2.34. The molecule has 0 aromatic carbocycles. The molecule has 1 aromatic heterocycles. The molecule has 0 saturated heterocycles. The Kier molecular flexibility index (Phi) is 7.67. The predicted octanol–water partition coefficient (Wildman–Crippen LogP) is -0.502. The predicted molar refractivity (Wildman–Crippen MR) is 87.3 cm³/mol. The number of hydrogen-bond acceptors (Lipinski definition) is 7. The summed E-state index contributed by atoms with van der Waals surface area (Å²) in [6.07, 6.45) is -1.01. The van der Waals surface area contributed by atoms with Gasteiger partial charge in [0.1, 0.15) is 6.23 Å². The summed E-state index contributed by atoms with van der Waals surface area (Å²) in [5.74, 6) is 0. The highest BCUT2D eigenvalue weighted by Gasteiger charge is 2.26. The fraction of sp³-hybridized carbons (Fsp3) is 0.600. The van der Waals surface area contributed by atoms with E-state index in [9.17, 15) is 19.0 Å². The van der Waals surface area contributed by atoms with Crippen molar-refractivity contribution in [1.82, 2.24) is 9.55 Å². The van der Waals surface area contributed by atoms with E-state index < -0.39 is 44.5 Å². The lowest BCUT2D eigenvalue weighted by molar-refractivity contribution is -0.00405. The van der Waals surface area contributed by atoms with Gasteiger partial charge in [-0.1, -0.05) is 0 Å². The highest BCUT2D eigenvalue weighted by atomic mass is 32.5. The van der Waals surface area contributed by atoms with Gasteiger partial charge in [0, 0.05) is 32.5 Å². The molecule has 4 N–H and O–H groups in total. The summed E-state index contributed by atoms with van der Waals surface area (Å²) in [7, 11) is -3.44. The van der Waals surface area contributed by atoms with Crippen molar-refractivity contribution in [2.75, 3.05) is 20.4 Å². The van der Waals surface area contributed by atoms with Crippen molar-refractivity contribution in [3.8, 4) is 0 Å². The number of aromatic nitrogens is 2. The Labute approximate surface area is 141 Å². The number of hydrogen-bond donors (Lipinski definition) is 4. The van der Waals surface area contributed by atoms with Gasteiger partial charge in [-0.3, -0.25) is 18.9 Å². The van der Waals surface area contributed by atoms with Crippen LogP contribution in [0.3, 0.4) is 0 Å². The summed E-state index contributed by atoms with van der Waals surface area (Å²) in [5.41, 5.74) is -1.43. The third-order valence-electron chi connectivity index (χ3n) is 2.71. The molecule has 0 aliphatic heterocycles. The minimum atomic E-state index is -4.71. The molecular weight excluding hydrogens is 386 g/mol. The van der Waals surface area contributed by atoms with E-state index in [4.69, 9.17) is 30.9 Å². The Hall–Kier alpha value is -0.680. The standard InChI is InChI=1S/C10H18N2O9P2S/c1-19-7(6-20-23(16,17)18)5-9(21-22(2,15)24)12-4-3-8(13)11-10(12)14/h3-4,7,9H,5-6H2,1-2H3,(H,15,24)(H,11,13,14)(H2,16,17,18)/t7?,9-,22?/m1/s1. The van der Waals surface area contributed by atoms with Crippen molar-refractivity contribution in [3.63, 3.8) is 0 Å². The van der Waals surface area contributed by atoms with Crippen LogP contribution in [0.4, 0.5) is 0 Å². The first-order valence-corrected chi connectivity index (χ1v) is 11.1. The van der Waals surface area contributed by atoms with Gasteiger partial charge < -0.3 is 23.9 Å². The van der Waals surface area contributed by atoms with E-state index in [0.717, 1.165) is 16.8 Å². The molecular formula is C10H18N2O9P2S. The Balaban J connectivity index is 3.05. The first-order chi connectivity index (χ1) is 10.9. The topological polar surface area (TPSA) is 160 Å². The van der Waals surface area contributed by atoms with Gasteiger partial charge in [-0.05, 0) is 11.8 Å². The van der Waals surface area contributed by atoms with Crippen molar-refractivity contribution in [2.45, 2.75) is 18.8 Å².